The monoisotopic (exact) mass is 370 g/mol. The number of aromatic nitrogens is 2. The van der Waals surface area contributed by atoms with Gasteiger partial charge in [-0.3, -0.25) is 14.5 Å². The van der Waals surface area contributed by atoms with Crippen LogP contribution >= 0.6 is 0 Å². The average Bonchev–Trinajstić information content (AvgIpc) is 2.99. The minimum atomic E-state index is -0.0449. The Kier molecular flexibility index (Phi) is 8.35. The summed E-state index contributed by atoms with van der Waals surface area (Å²) in [5.41, 5.74) is 3.42. The van der Waals surface area contributed by atoms with Crippen LogP contribution in [0.15, 0.2) is 41.4 Å². The molecule has 0 radical (unpaired) electrons. The molecule has 0 unspecified atom stereocenters. The van der Waals surface area contributed by atoms with Crippen LogP contribution < -0.4 is 16.0 Å². The molecule has 2 rings (SSSR count). The molecule has 0 saturated heterocycles. The molecule has 0 aliphatic heterocycles. The van der Waals surface area contributed by atoms with Crippen LogP contribution in [0.2, 0.25) is 0 Å². The van der Waals surface area contributed by atoms with E-state index in [4.69, 9.17) is 0 Å². The molecule has 1 aromatic heterocycles. The Morgan fingerprint density at radius 1 is 1.11 bits per heavy atom. The first kappa shape index (κ1) is 20.5. The van der Waals surface area contributed by atoms with Crippen molar-refractivity contribution in [3.8, 4) is 0 Å². The van der Waals surface area contributed by atoms with Crippen molar-refractivity contribution in [3.63, 3.8) is 0 Å². The van der Waals surface area contributed by atoms with Crippen LogP contribution in [0.3, 0.4) is 0 Å². The number of nitrogens with one attached hydrogen (secondary N) is 3. The van der Waals surface area contributed by atoms with Crippen LogP contribution in [0.4, 0.5) is 0 Å². The maximum Gasteiger partial charge on any atom is 0.239 e. The molecule has 1 aromatic carbocycles. The zero-order valence-electron chi connectivity index (χ0n) is 16.5. The predicted octanol–water partition coefficient (Wildman–Crippen LogP) is 1.41. The van der Waals surface area contributed by atoms with Crippen molar-refractivity contribution >= 4 is 11.9 Å². The number of rotatable bonds is 9. The summed E-state index contributed by atoms with van der Waals surface area (Å²) in [4.78, 5) is 16.1. The number of benzene rings is 1. The minimum absolute atomic E-state index is 0.0449. The van der Waals surface area contributed by atoms with E-state index < -0.39 is 0 Å². The van der Waals surface area contributed by atoms with Crippen molar-refractivity contribution in [2.45, 2.75) is 33.2 Å². The highest BCUT2D eigenvalue weighted by Crippen LogP contribution is 2.02. The van der Waals surface area contributed by atoms with Gasteiger partial charge < -0.3 is 16.0 Å². The largest absolute Gasteiger partial charge is 0.356 e. The predicted molar refractivity (Wildman–Crippen MR) is 109 cm³/mol. The molecule has 0 aliphatic rings. The molecule has 146 valence electrons. The van der Waals surface area contributed by atoms with E-state index in [9.17, 15) is 4.79 Å². The third-order valence-electron chi connectivity index (χ3n) is 4.16. The highest BCUT2D eigenvalue weighted by molar-refractivity contribution is 5.86. The topological polar surface area (TPSA) is 83.3 Å². The summed E-state index contributed by atoms with van der Waals surface area (Å²) in [6, 6.07) is 12.2. The first-order valence-corrected chi connectivity index (χ1v) is 9.34. The molecule has 2 aromatic rings. The number of hydrogen-bond donors (Lipinski definition) is 3. The van der Waals surface area contributed by atoms with Crippen molar-refractivity contribution in [1.29, 1.82) is 0 Å². The Balaban J connectivity index is 1.59. The molecule has 1 amide bonds. The fraction of sp³-hybridized carbons (Fsp3) is 0.450. The van der Waals surface area contributed by atoms with Gasteiger partial charge in [-0.2, -0.15) is 5.10 Å². The molecule has 0 bridgehead atoms. The summed E-state index contributed by atoms with van der Waals surface area (Å²) in [6.07, 6.45) is 1.75. The van der Waals surface area contributed by atoms with E-state index in [0.29, 0.717) is 12.5 Å². The van der Waals surface area contributed by atoms with Crippen molar-refractivity contribution in [1.82, 2.24) is 25.7 Å². The lowest BCUT2D eigenvalue weighted by Gasteiger charge is -2.12. The molecular formula is C20H30N6O. The normalized spacial score (nSPS) is 11.3. The lowest BCUT2D eigenvalue weighted by atomic mass is 10.1. The molecule has 0 saturated carbocycles. The van der Waals surface area contributed by atoms with Crippen molar-refractivity contribution in [3.05, 3.63) is 53.3 Å². The van der Waals surface area contributed by atoms with E-state index in [1.165, 1.54) is 11.3 Å². The number of guanidine groups is 1. The quantitative estimate of drug-likeness (QED) is 0.354. The molecule has 7 nitrogen and oxygen atoms in total. The molecule has 0 fully saturated rings. The standard InChI is InChI=1S/C20H30N6O/c1-16-14-17(2)26(25-16)13-7-11-23-20(21-3)24-15-19(27)22-12-10-18-8-5-4-6-9-18/h4-6,8-9,14H,7,10-13,15H2,1-3H3,(H,22,27)(H2,21,23,24). The zero-order valence-corrected chi connectivity index (χ0v) is 16.5. The van der Waals surface area contributed by atoms with Gasteiger partial charge in [-0.05, 0) is 38.3 Å². The molecule has 0 atom stereocenters. The third-order valence-corrected chi connectivity index (χ3v) is 4.16. The van der Waals surface area contributed by atoms with Gasteiger partial charge in [-0.25, -0.2) is 0 Å². The van der Waals surface area contributed by atoms with E-state index in [-0.39, 0.29) is 12.5 Å². The van der Waals surface area contributed by atoms with Gasteiger partial charge in [0.05, 0.1) is 12.2 Å². The number of hydrogen-bond acceptors (Lipinski definition) is 3. The second kappa shape index (κ2) is 11.0. The minimum Gasteiger partial charge on any atom is -0.356 e. The van der Waals surface area contributed by atoms with E-state index in [1.807, 2.05) is 29.8 Å². The van der Waals surface area contributed by atoms with Gasteiger partial charge in [0.2, 0.25) is 5.91 Å². The molecular weight excluding hydrogens is 340 g/mol. The van der Waals surface area contributed by atoms with E-state index in [0.717, 1.165) is 31.6 Å². The molecule has 0 aliphatic carbocycles. The van der Waals surface area contributed by atoms with Crippen LogP contribution in [-0.4, -0.2) is 48.3 Å². The first-order chi connectivity index (χ1) is 13.1. The fourth-order valence-electron chi connectivity index (χ4n) is 2.77. The Hall–Kier alpha value is -2.83. The smallest absolute Gasteiger partial charge is 0.239 e. The van der Waals surface area contributed by atoms with Gasteiger partial charge in [0.1, 0.15) is 0 Å². The van der Waals surface area contributed by atoms with Crippen molar-refractivity contribution < 1.29 is 4.79 Å². The number of aryl methyl sites for hydroxylation is 3. The summed E-state index contributed by atoms with van der Waals surface area (Å²) in [5, 5.41) is 13.6. The number of carbonyl (C=O) groups is 1. The highest BCUT2D eigenvalue weighted by atomic mass is 16.1. The Bertz CT molecular complexity index is 738. The summed E-state index contributed by atoms with van der Waals surface area (Å²) in [6.45, 7) is 6.49. The first-order valence-electron chi connectivity index (χ1n) is 9.34. The molecule has 3 N–H and O–H groups in total. The third kappa shape index (κ3) is 7.52. The maximum absolute atomic E-state index is 11.9. The molecule has 0 spiro atoms. The highest BCUT2D eigenvalue weighted by Gasteiger charge is 2.04. The second-order valence-corrected chi connectivity index (χ2v) is 6.44. The van der Waals surface area contributed by atoms with E-state index in [2.05, 4.69) is 51.2 Å². The van der Waals surface area contributed by atoms with Gasteiger partial charge in [-0.1, -0.05) is 30.3 Å². The lowest BCUT2D eigenvalue weighted by molar-refractivity contribution is -0.119. The molecule has 1 heterocycles. The Labute approximate surface area is 161 Å². The summed E-state index contributed by atoms with van der Waals surface area (Å²) >= 11 is 0. The number of amides is 1. The number of aliphatic imine (C=N–C) groups is 1. The van der Waals surface area contributed by atoms with Crippen LogP contribution in [0.5, 0.6) is 0 Å². The summed E-state index contributed by atoms with van der Waals surface area (Å²) < 4.78 is 2.01. The lowest BCUT2D eigenvalue weighted by Crippen LogP contribution is -2.43. The molecule has 27 heavy (non-hydrogen) atoms. The van der Waals surface area contributed by atoms with E-state index >= 15 is 0 Å². The van der Waals surface area contributed by atoms with Crippen molar-refractivity contribution in [2.24, 2.45) is 4.99 Å². The Morgan fingerprint density at radius 3 is 2.56 bits per heavy atom. The van der Waals surface area contributed by atoms with Gasteiger partial charge >= 0.3 is 0 Å². The summed E-state index contributed by atoms with van der Waals surface area (Å²) in [7, 11) is 1.70. The maximum atomic E-state index is 11.9. The van der Waals surface area contributed by atoms with Gasteiger partial charge in [0.25, 0.3) is 0 Å². The van der Waals surface area contributed by atoms with Crippen LogP contribution in [0, 0.1) is 13.8 Å². The average molecular weight is 371 g/mol. The Morgan fingerprint density at radius 2 is 1.89 bits per heavy atom. The summed E-state index contributed by atoms with van der Waals surface area (Å²) in [5.74, 6) is 0.582. The van der Waals surface area contributed by atoms with Gasteiger partial charge in [-0.15, -0.1) is 0 Å². The van der Waals surface area contributed by atoms with Crippen LogP contribution in [-0.2, 0) is 17.8 Å². The van der Waals surface area contributed by atoms with Gasteiger partial charge in [0.15, 0.2) is 5.96 Å². The second-order valence-electron chi connectivity index (χ2n) is 6.44. The molecule has 7 heteroatoms. The van der Waals surface area contributed by atoms with Crippen LogP contribution in [0.1, 0.15) is 23.4 Å². The van der Waals surface area contributed by atoms with Crippen LogP contribution in [0.25, 0.3) is 0 Å². The number of nitrogens with zero attached hydrogens (tertiary/aromatic N) is 3. The SMILES string of the molecule is CN=C(NCCCn1nc(C)cc1C)NCC(=O)NCCc1ccccc1. The van der Waals surface area contributed by atoms with E-state index in [1.54, 1.807) is 7.05 Å². The number of carbonyl (C=O) groups excluding carboxylic acids is 1. The zero-order chi connectivity index (χ0) is 19.5. The van der Waals surface area contributed by atoms with Gasteiger partial charge in [0, 0.05) is 32.4 Å². The van der Waals surface area contributed by atoms with Crippen molar-refractivity contribution in [2.75, 3.05) is 26.7 Å². The fourth-order valence-corrected chi connectivity index (χ4v) is 2.77.